The third-order valence-corrected chi connectivity index (χ3v) is 9.38. The van der Waals surface area contributed by atoms with Gasteiger partial charge in [0.1, 0.15) is 11.4 Å². The first kappa shape index (κ1) is 17.5. The van der Waals surface area contributed by atoms with Gasteiger partial charge in [-0.2, -0.15) is 0 Å². The highest BCUT2D eigenvalue weighted by atomic mass is 16.6. The molecule has 0 N–H and O–H groups in total. The van der Waals surface area contributed by atoms with E-state index in [0.29, 0.717) is 23.0 Å². The van der Waals surface area contributed by atoms with Crippen molar-refractivity contribution in [1.82, 2.24) is 0 Å². The molecule has 25 heavy (non-hydrogen) atoms. The average Bonchev–Trinajstić information content (AvgIpc) is 2.79. The minimum Gasteiger partial charge on any atom is -0.459 e. The van der Waals surface area contributed by atoms with Gasteiger partial charge in [-0.05, 0) is 81.0 Å². The second-order valence-corrected chi connectivity index (χ2v) is 10.2. The van der Waals surface area contributed by atoms with E-state index in [1.807, 2.05) is 0 Å². The van der Waals surface area contributed by atoms with Crippen molar-refractivity contribution in [2.75, 3.05) is 0 Å². The molecule has 3 nitrogen and oxygen atoms in total. The van der Waals surface area contributed by atoms with Gasteiger partial charge in [0.05, 0.1) is 0 Å². The van der Waals surface area contributed by atoms with E-state index in [2.05, 4.69) is 20.8 Å². The van der Waals surface area contributed by atoms with E-state index in [1.165, 1.54) is 32.1 Å². The van der Waals surface area contributed by atoms with Crippen molar-refractivity contribution in [2.24, 2.45) is 34.5 Å². The Morgan fingerprint density at radius 2 is 1.72 bits per heavy atom. The number of fused-ring (bicyclic) bond motifs is 5. The molecule has 4 fully saturated rings. The monoisotopic (exact) mass is 346 g/mol. The van der Waals surface area contributed by atoms with Gasteiger partial charge < -0.3 is 4.74 Å². The number of ether oxygens (including phenoxy) is 1. The summed E-state index contributed by atoms with van der Waals surface area (Å²) in [5, 5.41) is 0. The predicted molar refractivity (Wildman–Crippen MR) is 96.9 cm³/mol. The minimum atomic E-state index is -0.297. The quantitative estimate of drug-likeness (QED) is 0.633. The van der Waals surface area contributed by atoms with E-state index in [1.54, 1.807) is 6.92 Å². The first-order valence-electron chi connectivity index (χ1n) is 10.4. The van der Waals surface area contributed by atoms with Crippen LogP contribution in [0.1, 0.15) is 85.5 Å². The summed E-state index contributed by atoms with van der Waals surface area (Å²) in [6.45, 7) is 8.62. The highest BCUT2D eigenvalue weighted by Gasteiger charge is 2.64. The molecule has 0 radical (unpaired) electrons. The Kier molecular flexibility index (Phi) is 3.91. The molecule has 0 bridgehead atoms. The van der Waals surface area contributed by atoms with Crippen molar-refractivity contribution >= 4 is 11.8 Å². The zero-order chi connectivity index (χ0) is 18.0. The van der Waals surface area contributed by atoms with E-state index in [9.17, 15) is 9.59 Å². The molecule has 0 spiro atoms. The van der Waals surface area contributed by atoms with Crippen LogP contribution in [-0.2, 0) is 14.3 Å². The van der Waals surface area contributed by atoms with Crippen LogP contribution in [0.4, 0.5) is 0 Å². The Morgan fingerprint density at radius 1 is 1.00 bits per heavy atom. The number of esters is 1. The fraction of sp³-hybridized carbons (Fsp3) is 0.909. The van der Waals surface area contributed by atoms with E-state index in [4.69, 9.17) is 4.74 Å². The lowest BCUT2D eigenvalue weighted by Crippen LogP contribution is -2.56. The van der Waals surface area contributed by atoms with Gasteiger partial charge in [0.25, 0.3) is 0 Å². The zero-order valence-corrected chi connectivity index (χ0v) is 16.4. The summed E-state index contributed by atoms with van der Waals surface area (Å²) in [5.41, 5.74) is 0.181. The molecular weight excluding hydrogens is 312 g/mol. The van der Waals surface area contributed by atoms with Gasteiger partial charge in [-0.25, -0.2) is 0 Å². The van der Waals surface area contributed by atoms with Crippen LogP contribution in [-0.4, -0.2) is 17.4 Å². The number of hydrogen-bond acceptors (Lipinski definition) is 3. The van der Waals surface area contributed by atoms with E-state index < -0.39 is 0 Å². The molecule has 0 aliphatic heterocycles. The van der Waals surface area contributed by atoms with Crippen molar-refractivity contribution in [3.8, 4) is 0 Å². The average molecular weight is 347 g/mol. The van der Waals surface area contributed by atoms with Crippen molar-refractivity contribution < 1.29 is 14.3 Å². The topological polar surface area (TPSA) is 43.4 Å². The molecule has 4 aliphatic carbocycles. The van der Waals surface area contributed by atoms with Gasteiger partial charge in [-0.15, -0.1) is 0 Å². The summed E-state index contributed by atoms with van der Waals surface area (Å²) in [5.74, 6) is 3.16. The van der Waals surface area contributed by atoms with Crippen molar-refractivity contribution in [3.05, 3.63) is 0 Å². The molecule has 0 aromatic rings. The zero-order valence-electron chi connectivity index (χ0n) is 16.4. The second kappa shape index (κ2) is 5.57. The molecule has 7 atom stereocenters. The van der Waals surface area contributed by atoms with Gasteiger partial charge in [0.2, 0.25) is 0 Å². The number of carbonyl (C=O) groups is 2. The molecule has 0 heterocycles. The van der Waals surface area contributed by atoms with Crippen LogP contribution in [0.5, 0.6) is 0 Å². The van der Waals surface area contributed by atoms with Crippen molar-refractivity contribution in [3.63, 3.8) is 0 Å². The molecular formula is C22H34O3. The molecule has 4 aliphatic rings. The number of ketones is 1. The fourth-order valence-corrected chi connectivity index (χ4v) is 7.76. The van der Waals surface area contributed by atoms with Gasteiger partial charge in [0, 0.05) is 25.2 Å². The standard InChI is InChI=1S/C22H34O3/c1-14(23)25-22(4)12-9-19-17-6-5-15-13-16(24)7-10-20(15,2)18(17)8-11-21(19,22)3/h15,17-19H,5-13H2,1-4H3/t15-,17+,18+,19+,20-,21-,22+/m0/s1. The van der Waals surface area contributed by atoms with Gasteiger partial charge in [-0.1, -0.05) is 13.8 Å². The number of hydrogen-bond donors (Lipinski definition) is 0. The SMILES string of the molecule is CC(=O)O[C@]1(C)CC[C@@H]2[C@@H]3CC[C@H]4CC(=O)CC[C@]4(C)[C@@H]3CC[C@@]21C. The highest BCUT2D eigenvalue weighted by Crippen LogP contribution is 2.68. The maximum Gasteiger partial charge on any atom is 0.303 e. The molecule has 0 aromatic carbocycles. The van der Waals surface area contributed by atoms with Crippen LogP contribution in [0.3, 0.4) is 0 Å². The minimum absolute atomic E-state index is 0.119. The molecule has 4 rings (SSSR count). The Hall–Kier alpha value is -0.860. The predicted octanol–water partition coefficient (Wildman–Crippen LogP) is 4.92. The number of carbonyl (C=O) groups excluding carboxylic acids is 2. The van der Waals surface area contributed by atoms with Crippen LogP contribution in [0, 0.1) is 34.5 Å². The molecule has 0 saturated heterocycles. The number of Topliss-reactive ketones (excluding diaryl/α,β-unsaturated/α-hetero) is 1. The maximum atomic E-state index is 12.0. The highest BCUT2D eigenvalue weighted by molar-refractivity contribution is 5.79. The smallest absolute Gasteiger partial charge is 0.303 e. The molecule has 0 unspecified atom stereocenters. The van der Waals surface area contributed by atoms with Crippen LogP contribution in [0.2, 0.25) is 0 Å². The first-order chi connectivity index (χ1) is 11.7. The summed E-state index contributed by atoms with van der Waals surface area (Å²) in [7, 11) is 0. The van der Waals surface area contributed by atoms with Crippen LogP contribution in [0.25, 0.3) is 0 Å². The van der Waals surface area contributed by atoms with Crippen LogP contribution >= 0.6 is 0 Å². The van der Waals surface area contributed by atoms with E-state index in [-0.39, 0.29) is 17.0 Å². The molecule has 0 amide bonds. The van der Waals surface area contributed by atoms with Gasteiger partial charge in [0.15, 0.2) is 0 Å². The molecule has 140 valence electrons. The van der Waals surface area contributed by atoms with Crippen molar-refractivity contribution in [2.45, 2.75) is 91.1 Å². The summed E-state index contributed by atoms with van der Waals surface area (Å²) in [6.07, 6.45) is 9.83. The molecule has 0 aromatic heterocycles. The molecule has 3 heteroatoms. The summed E-state index contributed by atoms with van der Waals surface area (Å²) in [4.78, 5) is 23.7. The Labute approximate surface area is 152 Å². The number of rotatable bonds is 1. The Balaban J connectivity index is 1.62. The normalized spacial score (nSPS) is 52.1. The van der Waals surface area contributed by atoms with Crippen molar-refractivity contribution in [1.29, 1.82) is 0 Å². The van der Waals surface area contributed by atoms with Gasteiger partial charge in [-0.3, -0.25) is 9.59 Å². The lowest BCUT2D eigenvalue weighted by atomic mass is 9.44. The van der Waals surface area contributed by atoms with E-state index >= 15 is 0 Å². The fourth-order valence-electron chi connectivity index (χ4n) is 7.76. The van der Waals surface area contributed by atoms with E-state index in [0.717, 1.165) is 37.5 Å². The Bertz CT molecular complexity index is 598. The summed E-state index contributed by atoms with van der Waals surface area (Å²) >= 11 is 0. The second-order valence-electron chi connectivity index (χ2n) is 10.2. The summed E-state index contributed by atoms with van der Waals surface area (Å²) in [6, 6.07) is 0. The van der Waals surface area contributed by atoms with Crippen LogP contribution in [0.15, 0.2) is 0 Å². The summed E-state index contributed by atoms with van der Waals surface area (Å²) < 4.78 is 5.91. The lowest BCUT2D eigenvalue weighted by Gasteiger charge is -2.61. The molecule has 4 saturated carbocycles. The third kappa shape index (κ3) is 2.36. The maximum absolute atomic E-state index is 12.0. The van der Waals surface area contributed by atoms with Crippen LogP contribution < -0.4 is 0 Å². The Morgan fingerprint density at radius 3 is 2.44 bits per heavy atom. The third-order valence-electron chi connectivity index (χ3n) is 9.38. The lowest BCUT2D eigenvalue weighted by molar-refractivity contribution is -0.183. The van der Waals surface area contributed by atoms with Gasteiger partial charge >= 0.3 is 5.97 Å². The largest absolute Gasteiger partial charge is 0.459 e. The first-order valence-corrected chi connectivity index (χ1v) is 10.4.